The summed E-state index contributed by atoms with van der Waals surface area (Å²) in [7, 11) is 0. The minimum Gasteiger partial charge on any atom is -0.330 e. The second kappa shape index (κ2) is 6.66. The van der Waals surface area contributed by atoms with E-state index >= 15 is 0 Å². The van der Waals surface area contributed by atoms with E-state index in [1.807, 2.05) is 20.8 Å². The number of carbonyl (C=O) groups is 1. The van der Waals surface area contributed by atoms with Crippen molar-refractivity contribution < 1.29 is 4.79 Å². The molecule has 6 heteroatoms. The number of anilines is 1. The van der Waals surface area contributed by atoms with Gasteiger partial charge in [0, 0.05) is 17.9 Å². The number of nitrogens with one attached hydrogen (secondary N) is 1. The van der Waals surface area contributed by atoms with E-state index in [1.165, 1.54) is 0 Å². The molecule has 18 heavy (non-hydrogen) atoms. The number of hydrogen-bond acceptors (Lipinski definition) is 4. The van der Waals surface area contributed by atoms with Gasteiger partial charge in [-0.1, -0.05) is 27.7 Å². The number of aromatic nitrogens is 2. The molecular formula is C12H21ClN4O. The van der Waals surface area contributed by atoms with Crippen LogP contribution in [0.5, 0.6) is 0 Å². The number of halogens is 1. The highest BCUT2D eigenvalue weighted by Gasteiger charge is 2.17. The van der Waals surface area contributed by atoms with E-state index in [0.29, 0.717) is 12.2 Å². The highest BCUT2D eigenvalue weighted by molar-refractivity contribution is 5.92. The summed E-state index contributed by atoms with van der Waals surface area (Å²) in [5.74, 6) is 0.430. The molecule has 0 bridgehead atoms. The third-order valence-corrected chi connectivity index (χ3v) is 2.39. The van der Waals surface area contributed by atoms with Crippen molar-refractivity contribution in [3.63, 3.8) is 0 Å². The highest BCUT2D eigenvalue weighted by atomic mass is 35.5. The molecule has 0 fully saturated rings. The van der Waals surface area contributed by atoms with Crippen LogP contribution in [0.15, 0.2) is 12.4 Å². The molecule has 1 heterocycles. The van der Waals surface area contributed by atoms with E-state index in [4.69, 9.17) is 5.73 Å². The van der Waals surface area contributed by atoms with Crippen LogP contribution >= 0.6 is 12.4 Å². The molecule has 0 saturated heterocycles. The van der Waals surface area contributed by atoms with Crippen LogP contribution in [0, 0.1) is 5.92 Å². The number of rotatable bonds is 3. The van der Waals surface area contributed by atoms with Crippen molar-refractivity contribution in [2.24, 2.45) is 11.7 Å². The van der Waals surface area contributed by atoms with Crippen LogP contribution < -0.4 is 11.1 Å². The van der Waals surface area contributed by atoms with Crippen LogP contribution in [0.3, 0.4) is 0 Å². The van der Waals surface area contributed by atoms with Gasteiger partial charge in [-0.05, 0) is 0 Å². The number of nitrogens with zero attached hydrogens (tertiary/aromatic N) is 2. The molecule has 0 aromatic carbocycles. The zero-order valence-corrected chi connectivity index (χ0v) is 12.0. The topological polar surface area (TPSA) is 80.9 Å². The third-order valence-electron chi connectivity index (χ3n) is 2.39. The van der Waals surface area contributed by atoms with Gasteiger partial charge in [0.1, 0.15) is 5.82 Å². The summed E-state index contributed by atoms with van der Waals surface area (Å²) in [5.41, 5.74) is 5.93. The van der Waals surface area contributed by atoms with Crippen LogP contribution in [0.4, 0.5) is 5.69 Å². The van der Waals surface area contributed by atoms with Gasteiger partial charge in [-0.3, -0.25) is 4.79 Å². The summed E-state index contributed by atoms with van der Waals surface area (Å²) in [6, 6.07) is 0. The maximum atomic E-state index is 11.6. The van der Waals surface area contributed by atoms with Crippen LogP contribution in [0.25, 0.3) is 0 Å². The quantitative estimate of drug-likeness (QED) is 0.878. The van der Waals surface area contributed by atoms with Gasteiger partial charge in [-0.15, -0.1) is 12.4 Å². The molecule has 1 aromatic heterocycles. The maximum Gasteiger partial charge on any atom is 0.228 e. The Balaban J connectivity index is 0.00000289. The monoisotopic (exact) mass is 272 g/mol. The molecule has 1 rings (SSSR count). The Morgan fingerprint density at radius 1 is 1.39 bits per heavy atom. The van der Waals surface area contributed by atoms with Gasteiger partial charge in [0.25, 0.3) is 0 Å². The molecule has 3 N–H and O–H groups in total. The molecular weight excluding hydrogens is 252 g/mol. The molecule has 0 aliphatic carbocycles. The molecule has 0 saturated carbocycles. The normalized spacial score (nSPS) is 12.5. The fourth-order valence-electron chi connectivity index (χ4n) is 1.15. The summed E-state index contributed by atoms with van der Waals surface area (Å²) in [6.45, 7) is 8.22. The first-order valence-electron chi connectivity index (χ1n) is 5.68. The van der Waals surface area contributed by atoms with E-state index in [-0.39, 0.29) is 29.6 Å². The van der Waals surface area contributed by atoms with Crippen molar-refractivity contribution in [2.45, 2.75) is 33.1 Å². The smallest absolute Gasteiger partial charge is 0.228 e. The summed E-state index contributed by atoms with van der Waals surface area (Å²) < 4.78 is 0. The molecule has 102 valence electrons. The Morgan fingerprint density at radius 3 is 2.28 bits per heavy atom. The number of carbonyl (C=O) groups excluding carboxylic acids is 1. The fourth-order valence-corrected chi connectivity index (χ4v) is 1.15. The van der Waals surface area contributed by atoms with Gasteiger partial charge in [-0.2, -0.15) is 0 Å². The molecule has 1 atom stereocenters. The van der Waals surface area contributed by atoms with Crippen LogP contribution in [-0.4, -0.2) is 22.4 Å². The Bertz CT molecular complexity index is 386. The zero-order chi connectivity index (χ0) is 13.1. The molecule has 1 amide bonds. The van der Waals surface area contributed by atoms with Crippen molar-refractivity contribution >= 4 is 24.0 Å². The second-order valence-corrected chi connectivity index (χ2v) is 5.17. The second-order valence-electron chi connectivity index (χ2n) is 5.17. The molecule has 0 aliphatic rings. The molecule has 0 aliphatic heterocycles. The Kier molecular flexibility index (Phi) is 6.21. The molecule has 0 spiro atoms. The standard InChI is InChI=1S/C12H20N4O.ClH/c1-8(5-13)10(17)16-9-6-14-11(15-7-9)12(2,3)4;/h6-8H,5,13H2,1-4H3,(H,16,17);1H. The predicted molar refractivity (Wildman–Crippen MR) is 74.8 cm³/mol. The van der Waals surface area contributed by atoms with Gasteiger partial charge in [0.2, 0.25) is 5.91 Å². The van der Waals surface area contributed by atoms with Crippen LogP contribution in [0.2, 0.25) is 0 Å². The van der Waals surface area contributed by atoms with Crippen molar-refractivity contribution in [1.82, 2.24) is 9.97 Å². The van der Waals surface area contributed by atoms with E-state index in [2.05, 4.69) is 15.3 Å². The van der Waals surface area contributed by atoms with Crippen molar-refractivity contribution in [2.75, 3.05) is 11.9 Å². The maximum absolute atomic E-state index is 11.6. The fraction of sp³-hybridized carbons (Fsp3) is 0.583. The summed E-state index contributed by atoms with van der Waals surface area (Å²) in [4.78, 5) is 20.0. The lowest BCUT2D eigenvalue weighted by Gasteiger charge is -2.16. The zero-order valence-electron chi connectivity index (χ0n) is 11.2. The SMILES string of the molecule is CC(CN)C(=O)Nc1cnc(C(C)(C)C)nc1.Cl. The molecule has 5 nitrogen and oxygen atoms in total. The Hall–Kier alpha value is -1.20. The molecule has 1 unspecified atom stereocenters. The summed E-state index contributed by atoms with van der Waals surface area (Å²) >= 11 is 0. The van der Waals surface area contributed by atoms with Gasteiger partial charge in [0.05, 0.1) is 18.1 Å². The van der Waals surface area contributed by atoms with E-state index < -0.39 is 0 Å². The first-order chi connectivity index (χ1) is 7.84. The average Bonchev–Trinajstić information content (AvgIpc) is 2.27. The van der Waals surface area contributed by atoms with Crippen molar-refractivity contribution in [1.29, 1.82) is 0 Å². The Labute approximate surface area is 114 Å². The lowest BCUT2D eigenvalue weighted by atomic mass is 9.96. The highest BCUT2D eigenvalue weighted by Crippen LogP contribution is 2.18. The number of amides is 1. The minimum absolute atomic E-state index is 0. The summed E-state index contributed by atoms with van der Waals surface area (Å²) in [5, 5.41) is 2.73. The third kappa shape index (κ3) is 4.58. The van der Waals surface area contributed by atoms with Crippen molar-refractivity contribution in [3.8, 4) is 0 Å². The molecule has 0 radical (unpaired) electrons. The number of nitrogens with two attached hydrogens (primary N) is 1. The number of hydrogen-bond donors (Lipinski definition) is 2. The summed E-state index contributed by atoms with van der Waals surface area (Å²) in [6.07, 6.45) is 3.24. The lowest BCUT2D eigenvalue weighted by Crippen LogP contribution is -2.27. The van der Waals surface area contributed by atoms with Gasteiger partial charge in [-0.25, -0.2) is 9.97 Å². The lowest BCUT2D eigenvalue weighted by molar-refractivity contribution is -0.119. The van der Waals surface area contributed by atoms with Gasteiger partial charge >= 0.3 is 0 Å². The van der Waals surface area contributed by atoms with Gasteiger partial charge in [0.15, 0.2) is 0 Å². The minimum atomic E-state index is -0.211. The van der Waals surface area contributed by atoms with E-state index in [9.17, 15) is 4.79 Å². The van der Waals surface area contributed by atoms with Crippen LogP contribution in [-0.2, 0) is 10.2 Å². The first-order valence-corrected chi connectivity index (χ1v) is 5.68. The Morgan fingerprint density at radius 2 is 1.89 bits per heavy atom. The molecule has 1 aromatic rings. The average molecular weight is 273 g/mol. The van der Waals surface area contributed by atoms with E-state index in [0.717, 1.165) is 5.82 Å². The van der Waals surface area contributed by atoms with Gasteiger partial charge < -0.3 is 11.1 Å². The largest absolute Gasteiger partial charge is 0.330 e. The van der Waals surface area contributed by atoms with Crippen molar-refractivity contribution in [3.05, 3.63) is 18.2 Å². The van der Waals surface area contributed by atoms with Crippen LogP contribution in [0.1, 0.15) is 33.5 Å². The predicted octanol–water partition coefficient (Wildman–Crippen LogP) is 1.73. The first kappa shape index (κ1) is 16.8. The van der Waals surface area contributed by atoms with E-state index in [1.54, 1.807) is 19.3 Å².